The summed E-state index contributed by atoms with van der Waals surface area (Å²) in [5.41, 5.74) is 1.83. The molecule has 126 valence electrons. The molecule has 0 spiro atoms. The third-order valence-electron chi connectivity index (χ3n) is 3.52. The Bertz CT molecular complexity index is 699. The van der Waals surface area contributed by atoms with Crippen LogP contribution in [0.25, 0.3) is 0 Å². The van der Waals surface area contributed by atoms with Crippen LogP contribution in [-0.4, -0.2) is 36.0 Å². The van der Waals surface area contributed by atoms with E-state index in [4.69, 9.17) is 0 Å². The molecular weight excluding hydrogens is 304 g/mol. The Hall–Kier alpha value is -2.66. The van der Waals surface area contributed by atoms with Gasteiger partial charge in [0.1, 0.15) is 0 Å². The fraction of sp³-hybridized carbons (Fsp3) is 0.263. The summed E-state index contributed by atoms with van der Waals surface area (Å²) in [4.78, 5) is 25.9. The highest BCUT2D eigenvalue weighted by molar-refractivity contribution is 6.04. The van der Waals surface area contributed by atoms with Gasteiger partial charge in [-0.1, -0.05) is 30.3 Å². The molecule has 2 N–H and O–H groups in total. The molecule has 24 heavy (non-hydrogen) atoms. The summed E-state index contributed by atoms with van der Waals surface area (Å²) in [7, 11) is 0. The van der Waals surface area contributed by atoms with Crippen molar-refractivity contribution in [3.8, 4) is 0 Å². The number of carbonyl (C=O) groups is 2. The van der Waals surface area contributed by atoms with Crippen molar-refractivity contribution in [2.24, 2.45) is 0 Å². The fourth-order valence-electron chi connectivity index (χ4n) is 2.48. The van der Waals surface area contributed by atoms with E-state index in [2.05, 4.69) is 5.32 Å². The maximum Gasteiger partial charge on any atom is 0.243 e. The molecule has 0 heterocycles. The first kappa shape index (κ1) is 17.7. The summed E-state index contributed by atoms with van der Waals surface area (Å²) in [5, 5.41) is 12.5. The molecular formula is C19H22N2O3. The van der Waals surface area contributed by atoms with Crippen LogP contribution in [0.15, 0.2) is 54.6 Å². The molecule has 0 aliphatic heterocycles. The van der Waals surface area contributed by atoms with E-state index in [1.54, 1.807) is 36.1 Å². The molecule has 2 aromatic carbocycles. The zero-order valence-electron chi connectivity index (χ0n) is 13.9. The monoisotopic (exact) mass is 326 g/mol. The number of anilines is 2. The molecule has 0 unspecified atom stereocenters. The van der Waals surface area contributed by atoms with E-state index in [-0.39, 0.29) is 18.2 Å². The van der Waals surface area contributed by atoms with Crippen LogP contribution in [0.5, 0.6) is 0 Å². The second-order valence-corrected chi connectivity index (χ2v) is 5.72. The molecule has 5 heteroatoms. The molecule has 5 nitrogen and oxygen atoms in total. The molecule has 0 aromatic heterocycles. The Morgan fingerprint density at radius 2 is 1.71 bits per heavy atom. The normalized spacial score (nSPS) is 11.6. The van der Waals surface area contributed by atoms with Gasteiger partial charge in [0.05, 0.1) is 18.3 Å². The summed E-state index contributed by atoms with van der Waals surface area (Å²) >= 11 is 0. The number of carbonyl (C=O) groups excluding carboxylic acids is 2. The van der Waals surface area contributed by atoms with E-state index in [1.807, 2.05) is 30.3 Å². The minimum Gasteiger partial charge on any atom is -0.392 e. The van der Waals surface area contributed by atoms with E-state index >= 15 is 0 Å². The highest BCUT2D eigenvalue weighted by atomic mass is 16.3. The lowest BCUT2D eigenvalue weighted by Gasteiger charge is -2.25. The van der Waals surface area contributed by atoms with E-state index < -0.39 is 6.10 Å². The maximum absolute atomic E-state index is 12.4. The lowest BCUT2D eigenvalue weighted by Crippen LogP contribution is -2.37. The van der Waals surface area contributed by atoms with Crippen molar-refractivity contribution in [1.82, 2.24) is 0 Å². The standard InChI is InChI=1S/C19H22N2O3/c1-14(22)12-21(16-8-4-3-5-9-16)13-19(24)20-18-11-7-6-10-17(18)15(2)23/h3-11,14,22H,12-13H2,1-2H3,(H,20,24)/t14-/m1/s1. The van der Waals surface area contributed by atoms with Crippen LogP contribution in [-0.2, 0) is 4.79 Å². The van der Waals surface area contributed by atoms with Gasteiger partial charge in [-0.2, -0.15) is 0 Å². The van der Waals surface area contributed by atoms with Crippen molar-refractivity contribution < 1.29 is 14.7 Å². The fourth-order valence-corrected chi connectivity index (χ4v) is 2.48. The molecule has 0 fully saturated rings. The van der Waals surface area contributed by atoms with Crippen LogP contribution in [0.2, 0.25) is 0 Å². The minimum atomic E-state index is -0.567. The van der Waals surface area contributed by atoms with Crippen LogP contribution in [0.1, 0.15) is 24.2 Å². The number of Topliss-reactive ketones (excluding diaryl/α,β-unsaturated/α-hetero) is 1. The molecule has 2 aromatic rings. The lowest BCUT2D eigenvalue weighted by atomic mass is 10.1. The number of benzene rings is 2. The molecule has 2 rings (SSSR count). The van der Waals surface area contributed by atoms with Crippen molar-refractivity contribution in [2.75, 3.05) is 23.3 Å². The number of para-hydroxylation sites is 2. The number of ketones is 1. The van der Waals surface area contributed by atoms with E-state index in [9.17, 15) is 14.7 Å². The molecule has 1 amide bonds. The van der Waals surface area contributed by atoms with E-state index in [0.29, 0.717) is 17.8 Å². The number of nitrogens with one attached hydrogen (secondary N) is 1. The van der Waals surface area contributed by atoms with Gasteiger partial charge in [-0.3, -0.25) is 9.59 Å². The molecule has 1 atom stereocenters. The molecule has 0 aliphatic carbocycles. The molecule has 0 aliphatic rings. The number of rotatable bonds is 7. The summed E-state index contributed by atoms with van der Waals surface area (Å²) in [6, 6.07) is 16.4. The molecule has 0 radical (unpaired) electrons. The third kappa shape index (κ3) is 4.93. The van der Waals surface area contributed by atoms with Gasteiger partial charge in [-0.15, -0.1) is 0 Å². The van der Waals surface area contributed by atoms with Gasteiger partial charge in [0.2, 0.25) is 5.91 Å². The number of hydrogen-bond acceptors (Lipinski definition) is 4. The first-order valence-electron chi connectivity index (χ1n) is 7.85. The first-order valence-corrected chi connectivity index (χ1v) is 7.85. The minimum absolute atomic E-state index is 0.0845. The van der Waals surface area contributed by atoms with E-state index in [1.165, 1.54) is 6.92 Å². The van der Waals surface area contributed by atoms with Crippen LogP contribution >= 0.6 is 0 Å². The SMILES string of the molecule is CC(=O)c1ccccc1NC(=O)CN(C[C@@H](C)O)c1ccccc1. The summed E-state index contributed by atoms with van der Waals surface area (Å²) in [6.45, 7) is 3.57. The summed E-state index contributed by atoms with van der Waals surface area (Å²) in [5.74, 6) is -0.344. The average Bonchev–Trinajstić information content (AvgIpc) is 2.55. The lowest BCUT2D eigenvalue weighted by molar-refractivity contribution is -0.115. The van der Waals surface area contributed by atoms with Gasteiger partial charge in [0, 0.05) is 17.8 Å². The second kappa shape index (κ2) is 8.26. The predicted molar refractivity (Wildman–Crippen MR) is 95.4 cm³/mol. The van der Waals surface area contributed by atoms with Gasteiger partial charge in [0.15, 0.2) is 5.78 Å². The number of nitrogens with zero attached hydrogens (tertiary/aromatic N) is 1. The van der Waals surface area contributed by atoms with Crippen LogP contribution < -0.4 is 10.2 Å². The first-order chi connectivity index (χ1) is 11.5. The van der Waals surface area contributed by atoms with E-state index in [0.717, 1.165) is 5.69 Å². The quantitative estimate of drug-likeness (QED) is 0.768. The third-order valence-corrected chi connectivity index (χ3v) is 3.52. The van der Waals surface area contributed by atoms with Crippen molar-refractivity contribution in [1.29, 1.82) is 0 Å². The zero-order chi connectivity index (χ0) is 17.5. The Kier molecular flexibility index (Phi) is 6.09. The smallest absolute Gasteiger partial charge is 0.243 e. The van der Waals surface area contributed by atoms with Crippen LogP contribution in [0.4, 0.5) is 11.4 Å². The largest absolute Gasteiger partial charge is 0.392 e. The Morgan fingerprint density at radius 1 is 1.08 bits per heavy atom. The Balaban J connectivity index is 2.12. The van der Waals surface area contributed by atoms with Gasteiger partial charge in [-0.05, 0) is 38.1 Å². The number of amides is 1. The molecule has 0 saturated carbocycles. The number of aliphatic hydroxyl groups is 1. The van der Waals surface area contributed by atoms with Crippen LogP contribution in [0.3, 0.4) is 0 Å². The van der Waals surface area contributed by atoms with Crippen molar-refractivity contribution >= 4 is 23.1 Å². The van der Waals surface area contributed by atoms with Gasteiger partial charge in [0.25, 0.3) is 0 Å². The zero-order valence-corrected chi connectivity index (χ0v) is 13.9. The Labute approximate surface area is 141 Å². The second-order valence-electron chi connectivity index (χ2n) is 5.72. The van der Waals surface area contributed by atoms with Crippen LogP contribution in [0, 0.1) is 0 Å². The highest BCUT2D eigenvalue weighted by Crippen LogP contribution is 2.17. The topological polar surface area (TPSA) is 69.6 Å². The Morgan fingerprint density at radius 3 is 2.33 bits per heavy atom. The van der Waals surface area contributed by atoms with Crippen molar-refractivity contribution in [3.05, 3.63) is 60.2 Å². The molecule has 0 bridgehead atoms. The number of hydrogen-bond donors (Lipinski definition) is 2. The van der Waals surface area contributed by atoms with Crippen molar-refractivity contribution in [2.45, 2.75) is 20.0 Å². The molecule has 0 saturated heterocycles. The summed E-state index contributed by atoms with van der Waals surface area (Å²) in [6.07, 6.45) is -0.567. The highest BCUT2D eigenvalue weighted by Gasteiger charge is 2.15. The van der Waals surface area contributed by atoms with Gasteiger partial charge < -0.3 is 15.3 Å². The van der Waals surface area contributed by atoms with Crippen molar-refractivity contribution in [3.63, 3.8) is 0 Å². The number of aliphatic hydroxyl groups excluding tert-OH is 1. The van der Waals surface area contributed by atoms with Gasteiger partial charge >= 0.3 is 0 Å². The average molecular weight is 326 g/mol. The van der Waals surface area contributed by atoms with Gasteiger partial charge in [-0.25, -0.2) is 0 Å². The summed E-state index contributed by atoms with van der Waals surface area (Å²) < 4.78 is 0. The predicted octanol–water partition coefficient (Wildman–Crippen LogP) is 2.72. The maximum atomic E-state index is 12.4.